The Kier molecular flexibility index (Phi) is 3.02. The molecule has 4 rings (SSSR count). The van der Waals surface area contributed by atoms with E-state index in [0.29, 0.717) is 5.39 Å². The number of hydrogen-bond acceptors (Lipinski definition) is 1. The molecule has 1 aliphatic heterocycles. The molecule has 0 N–H and O–H groups in total. The molecule has 0 spiro atoms. The lowest BCUT2D eigenvalue weighted by atomic mass is 9.98. The van der Waals surface area contributed by atoms with Crippen LogP contribution in [-0.2, 0) is 0 Å². The fourth-order valence-electron chi connectivity index (χ4n) is 3.05. The molecule has 0 radical (unpaired) electrons. The van der Waals surface area contributed by atoms with Crippen molar-refractivity contribution >= 4 is 10.8 Å². The SMILES string of the molecule is Cc1ccc(-c2ccc3c(F)c([C@@H]4CN4C)ccc3c2)cc1. The van der Waals surface area contributed by atoms with Gasteiger partial charge in [-0.05, 0) is 36.6 Å². The summed E-state index contributed by atoms with van der Waals surface area (Å²) >= 11 is 0. The number of halogens is 1. The average molecular weight is 291 g/mol. The molecule has 2 atom stereocenters. The van der Waals surface area contributed by atoms with Crippen LogP contribution >= 0.6 is 0 Å². The number of benzene rings is 3. The smallest absolute Gasteiger partial charge is 0.135 e. The number of hydrogen-bond donors (Lipinski definition) is 0. The summed E-state index contributed by atoms with van der Waals surface area (Å²) in [6.07, 6.45) is 0. The highest BCUT2D eigenvalue weighted by Gasteiger charge is 2.33. The molecule has 1 fully saturated rings. The fourth-order valence-corrected chi connectivity index (χ4v) is 3.05. The standard InChI is InChI=1S/C20H18FN/c1-13-3-5-14(6-4-13)15-7-9-17-16(11-15)8-10-18(20(17)21)19-12-22(19)2/h3-11,19H,12H2,1-2H3/t19-,22?/m0/s1. The molecule has 1 nitrogen and oxygen atoms in total. The number of aryl methyl sites for hydroxylation is 1. The van der Waals surface area contributed by atoms with Crippen LogP contribution in [0.5, 0.6) is 0 Å². The molecular weight excluding hydrogens is 273 g/mol. The van der Waals surface area contributed by atoms with Crippen molar-refractivity contribution in [3.63, 3.8) is 0 Å². The summed E-state index contributed by atoms with van der Waals surface area (Å²) in [4.78, 5) is 2.14. The highest BCUT2D eigenvalue weighted by molar-refractivity contribution is 5.88. The van der Waals surface area contributed by atoms with Crippen LogP contribution in [0.3, 0.4) is 0 Å². The van der Waals surface area contributed by atoms with Gasteiger partial charge in [-0.3, -0.25) is 4.90 Å². The van der Waals surface area contributed by atoms with Crippen molar-refractivity contribution < 1.29 is 4.39 Å². The van der Waals surface area contributed by atoms with Gasteiger partial charge in [0.15, 0.2) is 0 Å². The van der Waals surface area contributed by atoms with Crippen LogP contribution in [0.15, 0.2) is 54.6 Å². The van der Waals surface area contributed by atoms with E-state index in [0.717, 1.165) is 23.1 Å². The van der Waals surface area contributed by atoms with Gasteiger partial charge < -0.3 is 0 Å². The largest absolute Gasteiger partial charge is 0.296 e. The van der Waals surface area contributed by atoms with Crippen molar-refractivity contribution in [1.29, 1.82) is 0 Å². The van der Waals surface area contributed by atoms with Gasteiger partial charge in [-0.25, -0.2) is 4.39 Å². The van der Waals surface area contributed by atoms with Gasteiger partial charge in [0.05, 0.1) is 6.04 Å². The van der Waals surface area contributed by atoms with Gasteiger partial charge >= 0.3 is 0 Å². The molecule has 1 heterocycles. The zero-order valence-electron chi connectivity index (χ0n) is 12.8. The maximum absolute atomic E-state index is 14.7. The van der Waals surface area contributed by atoms with E-state index in [-0.39, 0.29) is 11.9 Å². The fraction of sp³-hybridized carbons (Fsp3) is 0.200. The van der Waals surface area contributed by atoms with E-state index in [4.69, 9.17) is 0 Å². The normalized spacial score (nSPS) is 20.3. The highest BCUT2D eigenvalue weighted by atomic mass is 19.1. The Labute approximate surface area is 130 Å². The molecule has 0 aromatic heterocycles. The summed E-state index contributed by atoms with van der Waals surface area (Å²) in [7, 11) is 2.02. The third kappa shape index (κ3) is 2.20. The molecule has 22 heavy (non-hydrogen) atoms. The third-order valence-corrected chi connectivity index (χ3v) is 4.59. The molecule has 3 aromatic carbocycles. The maximum atomic E-state index is 14.7. The summed E-state index contributed by atoms with van der Waals surface area (Å²) in [5.74, 6) is -0.0673. The number of fused-ring (bicyclic) bond motifs is 1. The highest BCUT2D eigenvalue weighted by Crippen LogP contribution is 2.37. The predicted molar refractivity (Wildman–Crippen MR) is 89.5 cm³/mol. The predicted octanol–water partition coefficient (Wildman–Crippen LogP) is 4.94. The van der Waals surface area contributed by atoms with E-state index in [1.807, 2.05) is 31.3 Å². The van der Waals surface area contributed by atoms with E-state index >= 15 is 0 Å². The molecule has 1 saturated heterocycles. The molecule has 0 saturated carbocycles. The van der Waals surface area contributed by atoms with E-state index < -0.39 is 0 Å². The van der Waals surface area contributed by atoms with Crippen molar-refractivity contribution in [1.82, 2.24) is 4.90 Å². The number of rotatable bonds is 2. The molecule has 1 unspecified atom stereocenters. The number of likely N-dealkylation sites (N-methyl/N-ethyl adjacent to an activating group) is 1. The van der Waals surface area contributed by atoms with Gasteiger partial charge in [-0.15, -0.1) is 0 Å². The Balaban J connectivity index is 1.80. The van der Waals surface area contributed by atoms with Crippen molar-refractivity contribution in [3.8, 4) is 11.1 Å². The monoisotopic (exact) mass is 291 g/mol. The average Bonchev–Trinajstić information content (AvgIpc) is 3.24. The van der Waals surface area contributed by atoms with Gasteiger partial charge in [0.1, 0.15) is 5.82 Å². The molecule has 110 valence electrons. The van der Waals surface area contributed by atoms with Crippen LogP contribution in [0.25, 0.3) is 21.9 Å². The lowest BCUT2D eigenvalue weighted by Crippen LogP contribution is -1.94. The number of nitrogens with zero attached hydrogens (tertiary/aromatic N) is 1. The molecular formula is C20H18FN. The molecule has 2 heteroatoms. The van der Waals surface area contributed by atoms with Crippen molar-refractivity contribution in [2.24, 2.45) is 0 Å². The minimum Gasteiger partial charge on any atom is -0.296 e. The van der Waals surface area contributed by atoms with Gasteiger partial charge in [0, 0.05) is 17.5 Å². The van der Waals surface area contributed by atoms with Crippen LogP contribution in [0.2, 0.25) is 0 Å². The Bertz CT molecular complexity index is 851. The van der Waals surface area contributed by atoms with Crippen LogP contribution in [-0.4, -0.2) is 18.5 Å². The minimum atomic E-state index is -0.0673. The maximum Gasteiger partial charge on any atom is 0.135 e. The first kappa shape index (κ1) is 13.5. The molecule has 0 aliphatic carbocycles. The van der Waals surface area contributed by atoms with E-state index in [2.05, 4.69) is 42.2 Å². The van der Waals surface area contributed by atoms with E-state index in [1.165, 1.54) is 11.1 Å². The van der Waals surface area contributed by atoms with Crippen molar-refractivity contribution in [2.75, 3.05) is 13.6 Å². The van der Waals surface area contributed by atoms with Crippen LogP contribution < -0.4 is 0 Å². The first-order valence-electron chi connectivity index (χ1n) is 7.63. The second-order valence-electron chi connectivity index (χ2n) is 6.23. The van der Waals surface area contributed by atoms with Crippen LogP contribution in [0, 0.1) is 12.7 Å². The first-order chi connectivity index (χ1) is 10.6. The van der Waals surface area contributed by atoms with Crippen LogP contribution in [0.4, 0.5) is 4.39 Å². The molecule has 0 amide bonds. The third-order valence-electron chi connectivity index (χ3n) is 4.59. The Hall–Kier alpha value is -2.19. The van der Waals surface area contributed by atoms with E-state index in [1.54, 1.807) is 0 Å². The Morgan fingerprint density at radius 2 is 1.64 bits per heavy atom. The van der Waals surface area contributed by atoms with E-state index in [9.17, 15) is 4.39 Å². The summed E-state index contributed by atoms with van der Waals surface area (Å²) < 4.78 is 14.7. The second kappa shape index (κ2) is 4.92. The van der Waals surface area contributed by atoms with Gasteiger partial charge in [-0.2, -0.15) is 0 Å². The molecule has 0 bridgehead atoms. The summed E-state index contributed by atoms with van der Waals surface area (Å²) in [6, 6.07) is 18.6. The van der Waals surface area contributed by atoms with Gasteiger partial charge in [-0.1, -0.05) is 54.1 Å². The van der Waals surface area contributed by atoms with Gasteiger partial charge in [0.25, 0.3) is 0 Å². The zero-order chi connectivity index (χ0) is 15.3. The topological polar surface area (TPSA) is 3.01 Å². The Morgan fingerprint density at radius 1 is 0.955 bits per heavy atom. The second-order valence-corrected chi connectivity index (χ2v) is 6.23. The van der Waals surface area contributed by atoms with Gasteiger partial charge in [0.2, 0.25) is 0 Å². The van der Waals surface area contributed by atoms with Crippen molar-refractivity contribution in [2.45, 2.75) is 13.0 Å². The minimum absolute atomic E-state index is 0.0673. The zero-order valence-corrected chi connectivity index (χ0v) is 12.8. The quantitative estimate of drug-likeness (QED) is 0.604. The lowest BCUT2D eigenvalue weighted by molar-refractivity contribution is 0.582. The first-order valence-corrected chi connectivity index (χ1v) is 7.63. The summed E-state index contributed by atoms with van der Waals surface area (Å²) in [5.41, 5.74) is 4.36. The molecule has 3 aromatic rings. The summed E-state index contributed by atoms with van der Waals surface area (Å²) in [5, 5.41) is 1.68. The molecule has 1 aliphatic rings. The van der Waals surface area contributed by atoms with Crippen molar-refractivity contribution in [3.05, 3.63) is 71.5 Å². The summed E-state index contributed by atoms with van der Waals surface area (Å²) in [6.45, 7) is 3.03. The lowest BCUT2D eigenvalue weighted by Gasteiger charge is -2.08. The Morgan fingerprint density at radius 3 is 2.32 bits per heavy atom. The van der Waals surface area contributed by atoms with Crippen LogP contribution in [0.1, 0.15) is 17.2 Å².